The van der Waals surface area contributed by atoms with Crippen LogP contribution in [0, 0.1) is 5.92 Å². The van der Waals surface area contributed by atoms with Gasteiger partial charge in [-0.15, -0.1) is 0 Å². The van der Waals surface area contributed by atoms with E-state index >= 15 is 0 Å². The van der Waals surface area contributed by atoms with Gasteiger partial charge in [-0.2, -0.15) is 4.98 Å². The topological polar surface area (TPSA) is 93.4 Å². The number of nitrogens with two attached hydrogens (primary N) is 1. The highest BCUT2D eigenvalue weighted by Gasteiger charge is 2.41. The highest BCUT2D eigenvalue weighted by Crippen LogP contribution is 2.35. The van der Waals surface area contributed by atoms with Crippen LogP contribution in [-0.4, -0.2) is 42.1 Å². The highest BCUT2D eigenvalue weighted by molar-refractivity contribution is 5.83. The first-order valence-corrected chi connectivity index (χ1v) is 6.41. The Balaban J connectivity index is 1.95. The van der Waals surface area contributed by atoms with Gasteiger partial charge in [0.15, 0.2) is 5.82 Å². The summed E-state index contributed by atoms with van der Waals surface area (Å²) in [5.41, 5.74) is 6.48. The van der Waals surface area contributed by atoms with E-state index in [0.29, 0.717) is 23.9 Å². The van der Waals surface area contributed by atoms with Gasteiger partial charge < -0.3 is 20.7 Å². The molecule has 0 spiro atoms. The minimum absolute atomic E-state index is 0.0362. The number of methoxy groups -OCH3 is 1. The first-order valence-electron chi connectivity index (χ1n) is 6.41. The van der Waals surface area contributed by atoms with Gasteiger partial charge in [-0.1, -0.05) is 0 Å². The largest absolute Gasteiger partial charge is 0.479 e. The predicted molar refractivity (Wildman–Crippen MR) is 69.9 cm³/mol. The molecule has 2 unspecified atom stereocenters. The molecule has 7 heteroatoms. The third-order valence-electron chi connectivity index (χ3n) is 3.89. The van der Waals surface area contributed by atoms with E-state index in [-0.39, 0.29) is 17.9 Å². The zero-order valence-electron chi connectivity index (χ0n) is 10.8. The number of fused-ring (bicyclic) bond motifs is 1. The first kappa shape index (κ1) is 12.0. The minimum atomic E-state index is 0.0362. The third-order valence-corrected chi connectivity index (χ3v) is 3.89. The molecule has 1 aromatic heterocycles. The van der Waals surface area contributed by atoms with Gasteiger partial charge in [0, 0.05) is 13.1 Å². The number of ether oxygens (including phenoxy) is 1. The van der Waals surface area contributed by atoms with Crippen molar-refractivity contribution in [2.45, 2.75) is 18.9 Å². The number of hydrogen-bond donors (Lipinski definition) is 2. The Labute approximate surface area is 111 Å². The Morgan fingerprint density at radius 1 is 1.53 bits per heavy atom. The second-order valence-electron chi connectivity index (χ2n) is 4.87. The monoisotopic (exact) mass is 263 g/mol. The van der Waals surface area contributed by atoms with Crippen molar-refractivity contribution < 1.29 is 9.53 Å². The Kier molecular flexibility index (Phi) is 2.88. The molecular formula is C12H17N5O2. The van der Waals surface area contributed by atoms with E-state index in [4.69, 9.17) is 10.5 Å². The van der Waals surface area contributed by atoms with Gasteiger partial charge >= 0.3 is 0 Å². The number of carbonyl (C=O) groups excluding carboxylic acids is 1. The maximum absolute atomic E-state index is 11.8. The van der Waals surface area contributed by atoms with Crippen LogP contribution in [0.1, 0.15) is 12.8 Å². The van der Waals surface area contributed by atoms with Crippen LogP contribution in [0.15, 0.2) is 6.33 Å². The predicted octanol–water partition coefficient (Wildman–Crippen LogP) is -0.218. The number of aromatic nitrogens is 2. The molecule has 2 saturated heterocycles. The molecule has 3 N–H and O–H groups in total. The normalized spacial score (nSPS) is 25.9. The Morgan fingerprint density at radius 2 is 2.37 bits per heavy atom. The van der Waals surface area contributed by atoms with Crippen LogP contribution >= 0.6 is 0 Å². The zero-order chi connectivity index (χ0) is 13.4. The van der Waals surface area contributed by atoms with Crippen molar-refractivity contribution in [3.8, 4) is 5.88 Å². The maximum atomic E-state index is 11.8. The highest BCUT2D eigenvalue weighted by atomic mass is 16.5. The van der Waals surface area contributed by atoms with Crippen LogP contribution in [0.25, 0.3) is 0 Å². The molecule has 102 valence electrons. The van der Waals surface area contributed by atoms with Crippen molar-refractivity contribution in [1.29, 1.82) is 0 Å². The molecule has 0 bridgehead atoms. The van der Waals surface area contributed by atoms with Gasteiger partial charge in [-0.25, -0.2) is 4.98 Å². The van der Waals surface area contributed by atoms with Crippen LogP contribution in [-0.2, 0) is 4.79 Å². The van der Waals surface area contributed by atoms with Crippen molar-refractivity contribution in [2.24, 2.45) is 5.92 Å². The molecule has 2 atom stereocenters. The summed E-state index contributed by atoms with van der Waals surface area (Å²) in [6.07, 6.45) is 3.33. The van der Waals surface area contributed by atoms with Crippen molar-refractivity contribution >= 4 is 17.4 Å². The van der Waals surface area contributed by atoms with Crippen molar-refractivity contribution in [3.63, 3.8) is 0 Å². The molecule has 0 saturated carbocycles. The summed E-state index contributed by atoms with van der Waals surface area (Å²) in [5, 5.41) is 2.91. The molecule has 2 fully saturated rings. The Bertz CT molecular complexity index is 507. The number of piperidine rings is 1. The van der Waals surface area contributed by atoms with Crippen LogP contribution in [0.4, 0.5) is 11.5 Å². The second-order valence-corrected chi connectivity index (χ2v) is 4.87. The second kappa shape index (κ2) is 4.56. The van der Waals surface area contributed by atoms with Gasteiger partial charge in [0.05, 0.1) is 19.1 Å². The fourth-order valence-electron chi connectivity index (χ4n) is 2.98. The van der Waals surface area contributed by atoms with Gasteiger partial charge in [0.2, 0.25) is 11.8 Å². The van der Waals surface area contributed by atoms with Gasteiger partial charge in [-0.3, -0.25) is 4.79 Å². The van der Waals surface area contributed by atoms with Crippen LogP contribution < -0.4 is 20.7 Å². The fraction of sp³-hybridized carbons (Fsp3) is 0.583. The van der Waals surface area contributed by atoms with Crippen LogP contribution in [0.2, 0.25) is 0 Å². The molecule has 2 aliphatic heterocycles. The molecule has 0 radical (unpaired) electrons. The zero-order valence-corrected chi connectivity index (χ0v) is 10.8. The molecule has 0 aromatic carbocycles. The standard InChI is InChI=1S/C12H17N5O2/c1-19-12-9(13)10(15-6-16-12)17-4-2-3-7-8(17)5-14-11(7)18/h6-8H,2-5,13H2,1H3,(H,14,18). The lowest BCUT2D eigenvalue weighted by Gasteiger charge is -2.37. The smallest absolute Gasteiger partial charge is 0.242 e. The maximum Gasteiger partial charge on any atom is 0.242 e. The Morgan fingerprint density at radius 3 is 3.16 bits per heavy atom. The summed E-state index contributed by atoms with van der Waals surface area (Å²) in [7, 11) is 1.53. The summed E-state index contributed by atoms with van der Waals surface area (Å²) >= 11 is 0. The number of carbonyl (C=O) groups is 1. The number of hydrogen-bond acceptors (Lipinski definition) is 6. The van der Waals surface area contributed by atoms with E-state index in [9.17, 15) is 4.79 Å². The van der Waals surface area contributed by atoms with E-state index in [0.717, 1.165) is 19.4 Å². The average molecular weight is 263 g/mol. The van der Waals surface area contributed by atoms with Crippen molar-refractivity contribution in [2.75, 3.05) is 30.8 Å². The fourth-order valence-corrected chi connectivity index (χ4v) is 2.98. The van der Waals surface area contributed by atoms with E-state index < -0.39 is 0 Å². The summed E-state index contributed by atoms with van der Waals surface area (Å²) in [4.78, 5) is 22.1. The summed E-state index contributed by atoms with van der Waals surface area (Å²) in [6.45, 7) is 1.50. The number of nitrogens with zero attached hydrogens (tertiary/aromatic N) is 3. The van der Waals surface area contributed by atoms with E-state index in [1.807, 2.05) is 0 Å². The lowest BCUT2D eigenvalue weighted by molar-refractivity contribution is -0.122. The van der Waals surface area contributed by atoms with E-state index in [1.165, 1.54) is 13.4 Å². The first-order chi connectivity index (χ1) is 9.22. The molecular weight excluding hydrogens is 246 g/mol. The average Bonchev–Trinajstić information content (AvgIpc) is 2.81. The quantitative estimate of drug-likeness (QED) is 0.766. The molecule has 1 amide bonds. The molecule has 0 aliphatic carbocycles. The molecule has 7 nitrogen and oxygen atoms in total. The lowest BCUT2D eigenvalue weighted by Crippen LogP contribution is -2.46. The number of anilines is 2. The summed E-state index contributed by atoms with van der Waals surface area (Å²) in [6, 6.07) is 0.128. The number of amides is 1. The molecule has 1 aromatic rings. The van der Waals surface area contributed by atoms with Gasteiger partial charge in [0.1, 0.15) is 12.0 Å². The molecule has 3 heterocycles. The third kappa shape index (κ3) is 1.85. The number of nitrogens with one attached hydrogen (secondary N) is 1. The molecule has 19 heavy (non-hydrogen) atoms. The summed E-state index contributed by atoms with van der Waals surface area (Å²) in [5.74, 6) is 1.21. The van der Waals surface area contributed by atoms with Crippen molar-refractivity contribution in [1.82, 2.24) is 15.3 Å². The minimum Gasteiger partial charge on any atom is -0.479 e. The van der Waals surface area contributed by atoms with E-state index in [2.05, 4.69) is 20.2 Å². The Hall–Kier alpha value is -2.05. The molecule has 2 aliphatic rings. The van der Waals surface area contributed by atoms with Crippen molar-refractivity contribution in [3.05, 3.63) is 6.33 Å². The lowest BCUT2D eigenvalue weighted by atomic mass is 9.91. The number of nitrogen functional groups attached to an aromatic ring is 1. The van der Waals surface area contributed by atoms with Gasteiger partial charge in [0.25, 0.3) is 0 Å². The SMILES string of the molecule is COc1ncnc(N2CCCC3C(=O)NCC32)c1N. The van der Waals surface area contributed by atoms with Gasteiger partial charge in [-0.05, 0) is 12.8 Å². The summed E-state index contributed by atoms with van der Waals surface area (Å²) < 4.78 is 5.12. The number of rotatable bonds is 2. The van der Waals surface area contributed by atoms with E-state index in [1.54, 1.807) is 0 Å². The molecule has 3 rings (SSSR count). The van der Waals surface area contributed by atoms with Crippen LogP contribution in [0.3, 0.4) is 0 Å². The van der Waals surface area contributed by atoms with Crippen LogP contribution in [0.5, 0.6) is 5.88 Å².